The van der Waals surface area contributed by atoms with E-state index in [9.17, 15) is 24.4 Å². The van der Waals surface area contributed by atoms with Gasteiger partial charge >= 0.3 is 0 Å². The SMILES string of the molecule is O=C1CCC(N2C(=O)c3cccc(NCCOCCOCCOCCOCCOCCCn4cc(-c5ccc6c(c5)CCC6CNO)c(-c5ccncc5)n4)c3C2=O)C(=O)N1. The van der Waals surface area contributed by atoms with Crippen molar-refractivity contribution in [2.24, 2.45) is 0 Å². The van der Waals surface area contributed by atoms with Gasteiger partial charge in [-0.05, 0) is 72.6 Å². The fraction of sp³-hybridized carbons (Fsp3) is 0.455. The first-order valence-electron chi connectivity index (χ1n) is 20.9. The first kappa shape index (κ1) is 43.7. The van der Waals surface area contributed by atoms with E-state index in [1.165, 1.54) is 11.1 Å². The zero-order valence-corrected chi connectivity index (χ0v) is 34.1. The molecule has 61 heavy (non-hydrogen) atoms. The molecule has 2 aliphatic heterocycles. The number of fused-ring (bicyclic) bond motifs is 2. The van der Waals surface area contributed by atoms with Gasteiger partial charge in [-0.1, -0.05) is 24.3 Å². The van der Waals surface area contributed by atoms with Crippen LogP contribution in [0.1, 0.15) is 63.4 Å². The van der Waals surface area contributed by atoms with Crippen LogP contribution >= 0.6 is 0 Å². The Bertz CT molecular complexity index is 2130. The minimum atomic E-state index is -1.01. The predicted octanol–water partition coefficient (Wildman–Crippen LogP) is 3.61. The highest BCUT2D eigenvalue weighted by Crippen LogP contribution is 2.38. The second-order valence-electron chi connectivity index (χ2n) is 14.9. The van der Waals surface area contributed by atoms with E-state index in [0.717, 1.165) is 46.5 Å². The van der Waals surface area contributed by atoms with E-state index in [-0.39, 0.29) is 24.0 Å². The van der Waals surface area contributed by atoms with E-state index in [0.29, 0.717) is 97.3 Å². The average molecular weight is 840 g/mol. The topological polar surface area (TPSA) is 205 Å². The van der Waals surface area contributed by atoms with Crippen LogP contribution in [0.25, 0.3) is 22.4 Å². The van der Waals surface area contributed by atoms with Gasteiger partial charge in [-0.2, -0.15) is 5.10 Å². The summed E-state index contributed by atoms with van der Waals surface area (Å²) in [5.74, 6) is -1.84. The van der Waals surface area contributed by atoms with Crippen molar-refractivity contribution in [3.8, 4) is 22.4 Å². The molecule has 3 aliphatic rings. The maximum absolute atomic E-state index is 13.2. The first-order chi connectivity index (χ1) is 29.9. The fourth-order valence-electron chi connectivity index (χ4n) is 7.90. The lowest BCUT2D eigenvalue weighted by atomic mass is 9.96. The van der Waals surface area contributed by atoms with Gasteiger partial charge in [0.2, 0.25) is 11.8 Å². The molecule has 17 heteroatoms. The number of aryl methyl sites for hydroxylation is 2. The highest BCUT2D eigenvalue weighted by Gasteiger charge is 2.45. The van der Waals surface area contributed by atoms with Crippen molar-refractivity contribution < 1.29 is 48.1 Å². The number of pyridine rings is 1. The molecular formula is C44H53N7O10. The Morgan fingerprint density at radius 1 is 0.754 bits per heavy atom. The maximum atomic E-state index is 13.2. The molecule has 7 rings (SSSR count). The molecular weight excluding hydrogens is 787 g/mol. The van der Waals surface area contributed by atoms with Crippen LogP contribution in [0.2, 0.25) is 0 Å². The van der Waals surface area contributed by atoms with Crippen molar-refractivity contribution >= 4 is 29.3 Å². The number of hydroxylamine groups is 1. The lowest BCUT2D eigenvalue weighted by Gasteiger charge is -2.27. The number of carbonyl (C=O) groups is 4. The van der Waals surface area contributed by atoms with E-state index in [2.05, 4.69) is 45.5 Å². The van der Waals surface area contributed by atoms with Gasteiger partial charge < -0.3 is 34.2 Å². The number of carbonyl (C=O) groups excluding carboxylic acids is 4. The van der Waals surface area contributed by atoms with Gasteiger partial charge in [-0.25, -0.2) is 5.48 Å². The number of piperidine rings is 1. The first-order valence-corrected chi connectivity index (χ1v) is 20.9. The molecule has 4 amide bonds. The molecule has 2 atom stereocenters. The molecule has 324 valence electrons. The van der Waals surface area contributed by atoms with E-state index >= 15 is 0 Å². The summed E-state index contributed by atoms with van der Waals surface area (Å²) in [6.07, 6.45) is 8.67. The third-order valence-electron chi connectivity index (χ3n) is 10.9. The number of nitrogens with zero attached hydrogens (tertiary/aromatic N) is 4. The zero-order valence-electron chi connectivity index (χ0n) is 34.1. The summed E-state index contributed by atoms with van der Waals surface area (Å²) < 4.78 is 30.2. The summed E-state index contributed by atoms with van der Waals surface area (Å²) in [5.41, 5.74) is 10.0. The number of hydrogen-bond acceptors (Lipinski definition) is 14. The molecule has 0 spiro atoms. The van der Waals surface area contributed by atoms with Crippen molar-refractivity contribution in [1.82, 2.24) is 30.5 Å². The van der Waals surface area contributed by atoms with E-state index < -0.39 is 29.7 Å². The van der Waals surface area contributed by atoms with Crippen molar-refractivity contribution in [2.75, 3.05) is 84.5 Å². The van der Waals surface area contributed by atoms with Crippen LogP contribution in [-0.2, 0) is 46.2 Å². The number of rotatable bonds is 25. The van der Waals surface area contributed by atoms with E-state index in [4.69, 9.17) is 28.8 Å². The minimum absolute atomic E-state index is 0.0644. The standard InChI is InChI=1S/C44H53N7O10/c52-39-10-9-38(42(53)48-39)51-43(54)35-3-1-4-37(40(35)44(51)55)46-15-18-58-20-22-60-24-26-61-25-23-59-21-19-57-17-2-16-50-29-36(41(49-50)30-11-13-45-14-12-30)32-7-8-34-31(27-32)5-6-33(34)28-47-56/h1,3-4,7-8,11-14,27,29,33,38,46-47,56H,2,5-6,9-10,15-26,28H2,(H,48,52,53). The molecule has 1 fully saturated rings. The van der Waals surface area contributed by atoms with Crippen molar-refractivity contribution in [1.29, 1.82) is 0 Å². The van der Waals surface area contributed by atoms with Gasteiger partial charge in [-0.15, -0.1) is 0 Å². The van der Waals surface area contributed by atoms with Crippen molar-refractivity contribution in [2.45, 2.75) is 50.6 Å². The Morgan fingerprint density at radius 3 is 2.16 bits per heavy atom. The lowest BCUT2D eigenvalue weighted by Crippen LogP contribution is -2.54. The molecule has 17 nitrogen and oxygen atoms in total. The highest BCUT2D eigenvalue weighted by molar-refractivity contribution is 6.25. The normalized spacial score (nSPS) is 17.2. The Balaban J connectivity index is 0.700. The number of amides is 4. The molecule has 0 radical (unpaired) electrons. The summed E-state index contributed by atoms with van der Waals surface area (Å²) in [7, 11) is 0. The zero-order chi connectivity index (χ0) is 42.4. The number of nitrogens with one attached hydrogen (secondary N) is 3. The van der Waals surface area contributed by atoms with Crippen LogP contribution in [-0.4, -0.2) is 134 Å². The summed E-state index contributed by atoms with van der Waals surface area (Å²) >= 11 is 0. The van der Waals surface area contributed by atoms with Gasteiger partial charge in [0.05, 0.1) is 70.6 Å². The molecule has 4 aromatic rings. The number of anilines is 1. The Hall–Kier alpha value is -5.40. The third kappa shape index (κ3) is 11.1. The molecule has 2 unspecified atom stereocenters. The molecule has 0 saturated carbocycles. The molecule has 2 aromatic carbocycles. The molecule has 2 aromatic heterocycles. The van der Waals surface area contributed by atoms with Gasteiger partial charge in [0.1, 0.15) is 11.7 Å². The molecule has 0 bridgehead atoms. The quantitative estimate of drug-likeness (QED) is 0.0428. The highest BCUT2D eigenvalue weighted by atomic mass is 16.6. The summed E-state index contributed by atoms with van der Waals surface area (Å²) in [6.45, 7) is 6.04. The van der Waals surface area contributed by atoms with E-state index in [1.54, 1.807) is 30.6 Å². The van der Waals surface area contributed by atoms with Crippen LogP contribution in [0.3, 0.4) is 0 Å². The number of ether oxygens (including phenoxy) is 5. The van der Waals surface area contributed by atoms with Gasteiger partial charge in [0.25, 0.3) is 11.8 Å². The second-order valence-corrected chi connectivity index (χ2v) is 14.9. The number of imide groups is 2. The summed E-state index contributed by atoms with van der Waals surface area (Å²) in [5, 5.41) is 19.5. The van der Waals surface area contributed by atoms with Gasteiger partial charge in [0, 0.05) is 68.1 Å². The molecule has 4 N–H and O–H groups in total. The largest absolute Gasteiger partial charge is 0.382 e. The fourth-order valence-corrected chi connectivity index (χ4v) is 7.90. The molecule has 1 saturated heterocycles. The molecule has 4 heterocycles. The maximum Gasteiger partial charge on any atom is 0.264 e. The minimum Gasteiger partial charge on any atom is -0.382 e. The third-order valence-corrected chi connectivity index (χ3v) is 10.9. The predicted molar refractivity (Wildman–Crippen MR) is 222 cm³/mol. The van der Waals surface area contributed by atoms with Crippen LogP contribution < -0.4 is 16.1 Å². The summed E-state index contributed by atoms with van der Waals surface area (Å²) in [6, 6.07) is 14.5. The van der Waals surface area contributed by atoms with Crippen molar-refractivity contribution in [3.05, 3.63) is 89.4 Å². The Kier molecular flexibility index (Phi) is 15.7. The smallest absolute Gasteiger partial charge is 0.264 e. The Morgan fingerprint density at radius 2 is 1.46 bits per heavy atom. The Labute approximate surface area is 354 Å². The number of hydrogen-bond donors (Lipinski definition) is 4. The monoisotopic (exact) mass is 839 g/mol. The summed E-state index contributed by atoms with van der Waals surface area (Å²) in [4.78, 5) is 55.2. The second kappa shape index (κ2) is 21.9. The van der Waals surface area contributed by atoms with Crippen LogP contribution in [0, 0.1) is 0 Å². The number of aromatic nitrogens is 3. The van der Waals surface area contributed by atoms with Gasteiger partial charge in [-0.3, -0.25) is 39.1 Å². The average Bonchev–Trinajstić information content (AvgIpc) is 3.96. The molecule has 1 aliphatic carbocycles. The number of benzene rings is 2. The lowest BCUT2D eigenvalue weighted by molar-refractivity contribution is -0.136. The van der Waals surface area contributed by atoms with Crippen LogP contribution in [0.5, 0.6) is 0 Å². The van der Waals surface area contributed by atoms with E-state index in [1.807, 2.05) is 16.8 Å². The van der Waals surface area contributed by atoms with Crippen LogP contribution in [0.4, 0.5) is 5.69 Å². The van der Waals surface area contributed by atoms with Crippen molar-refractivity contribution in [3.63, 3.8) is 0 Å². The van der Waals surface area contributed by atoms with Gasteiger partial charge in [0.15, 0.2) is 0 Å². The van der Waals surface area contributed by atoms with Crippen LogP contribution in [0.15, 0.2) is 67.1 Å².